The molecule has 5 nitrogen and oxygen atoms in total. The summed E-state index contributed by atoms with van der Waals surface area (Å²) in [6.45, 7) is 0.754. The molecule has 0 bridgehead atoms. The van der Waals surface area contributed by atoms with Gasteiger partial charge in [-0.15, -0.1) is 0 Å². The van der Waals surface area contributed by atoms with Crippen molar-refractivity contribution in [1.29, 1.82) is 0 Å². The summed E-state index contributed by atoms with van der Waals surface area (Å²) in [7, 11) is 1.47. The molecule has 1 aromatic carbocycles. The van der Waals surface area contributed by atoms with Gasteiger partial charge in [-0.3, -0.25) is 4.79 Å². The third-order valence-corrected chi connectivity index (χ3v) is 3.49. The molecule has 0 saturated carbocycles. The average Bonchev–Trinajstić information content (AvgIpc) is 2.40. The van der Waals surface area contributed by atoms with Gasteiger partial charge in [-0.2, -0.15) is 0 Å². The SMILES string of the molecule is COc1c(NCC2Cc3ccccc32)nc[nH]c1=O. The van der Waals surface area contributed by atoms with E-state index in [9.17, 15) is 4.79 Å². The zero-order valence-electron chi connectivity index (χ0n) is 10.6. The number of ether oxygens (including phenoxy) is 1. The number of H-pyrrole nitrogens is 1. The molecule has 0 amide bonds. The molecule has 0 aliphatic heterocycles. The second-order valence-corrected chi connectivity index (χ2v) is 4.59. The molecule has 1 aliphatic carbocycles. The lowest BCUT2D eigenvalue weighted by molar-refractivity contribution is 0.407. The van der Waals surface area contributed by atoms with Gasteiger partial charge in [0.25, 0.3) is 5.56 Å². The smallest absolute Gasteiger partial charge is 0.295 e. The molecule has 1 unspecified atom stereocenters. The number of aromatic amines is 1. The van der Waals surface area contributed by atoms with E-state index in [4.69, 9.17) is 4.74 Å². The Balaban J connectivity index is 1.72. The summed E-state index contributed by atoms with van der Waals surface area (Å²) in [5.74, 6) is 1.20. The van der Waals surface area contributed by atoms with Crippen LogP contribution in [0.15, 0.2) is 35.4 Å². The van der Waals surface area contributed by atoms with Crippen LogP contribution >= 0.6 is 0 Å². The number of anilines is 1. The fraction of sp³-hybridized carbons (Fsp3) is 0.286. The molecular formula is C14H15N3O2. The summed E-state index contributed by atoms with van der Waals surface area (Å²) in [6.07, 6.45) is 2.44. The Morgan fingerprint density at radius 3 is 3.11 bits per heavy atom. The largest absolute Gasteiger partial charge is 0.489 e. The van der Waals surface area contributed by atoms with Gasteiger partial charge in [0.15, 0.2) is 5.82 Å². The highest BCUT2D eigenvalue weighted by molar-refractivity contribution is 5.49. The van der Waals surface area contributed by atoms with Crippen LogP contribution in [0.2, 0.25) is 0 Å². The lowest BCUT2D eigenvalue weighted by atomic mass is 9.77. The van der Waals surface area contributed by atoms with E-state index < -0.39 is 0 Å². The Kier molecular flexibility index (Phi) is 2.95. The van der Waals surface area contributed by atoms with Gasteiger partial charge >= 0.3 is 0 Å². The summed E-state index contributed by atoms with van der Waals surface area (Å²) in [5.41, 5.74) is 2.51. The van der Waals surface area contributed by atoms with Gasteiger partial charge in [-0.25, -0.2) is 4.98 Å². The predicted molar refractivity (Wildman–Crippen MR) is 72.8 cm³/mol. The molecule has 2 aromatic rings. The monoisotopic (exact) mass is 257 g/mol. The predicted octanol–water partition coefficient (Wildman–Crippen LogP) is 1.53. The van der Waals surface area contributed by atoms with E-state index in [1.807, 2.05) is 0 Å². The third kappa shape index (κ3) is 2.07. The molecule has 0 radical (unpaired) electrons. The van der Waals surface area contributed by atoms with Gasteiger partial charge in [0.1, 0.15) is 0 Å². The van der Waals surface area contributed by atoms with Crippen LogP contribution in [0.1, 0.15) is 17.0 Å². The molecule has 0 fully saturated rings. The molecule has 98 valence electrons. The molecule has 0 spiro atoms. The van der Waals surface area contributed by atoms with E-state index >= 15 is 0 Å². The highest BCUT2D eigenvalue weighted by atomic mass is 16.5. The van der Waals surface area contributed by atoms with Gasteiger partial charge in [-0.05, 0) is 17.5 Å². The molecule has 5 heteroatoms. The number of aromatic nitrogens is 2. The van der Waals surface area contributed by atoms with E-state index in [1.165, 1.54) is 24.6 Å². The number of hydrogen-bond acceptors (Lipinski definition) is 4. The van der Waals surface area contributed by atoms with Crippen molar-refractivity contribution >= 4 is 5.82 Å². The van der Waals surface area contributed by atoms with Crippen LogP contribution in [0.25, 0.3) is 0 Å². The van der Waals surface area contributed by atoms with Crippen molar-refractivity contribution in [2.75, 3.05) is 19.0 Å². The van der Waals surface area contributed by atoms with E-state index in [2.05, 4.69) is 39.6 Å². The Hall–Kier alpha value is -2.30. The first kappa shape index (κ1) is 11.8. The highest BCUT2D eigenvalue weighted by Gasteiger charge is 2.25. The minimum Gasteiger partial charge on any atom is -0.489 e. The van der Waals surface area contributed by atoms with Crippen LogP contribution < -0.4 is 15.6 Å². The van der Waals surface area contributed by atoms with Crippen LogP contribution in [0.4, 0.5) is 5.82 Å². The van der Waals surface area contributed by atoms with Crippen molar-refractivity contribution in [3.8, 4) is 5.75 Å². The molecule has 19 heavy (non-hydrogen) atoms. The molecule has 0 saturated heterocycles. The molecule has 1 aliphatic rings. The number of nitrogens with zero attached hydrogens (tertiary/aromatic N) is 1. The average molecular weight is 257 g/mol. The van der Waals surface area contributed by atoms with Crippen LogP contribution in [0, 0.1) is 0 Å². The number of rotatable bonds is 4. The summed E-state index contributed by atoms with van der Waals surface area (Å²) in [4.78, 5) is 18.1. The standard InChI is InChI=1S/C14H15N3O2/c1-19-12-13(16-8-17-14(12)18)15-7-10-6-9-4-2-3-5-11(9)10/h2-5,8,10H,6-7H2,1H3,(H2,15,16,17,18). The lowest BCUT2D eigenvalue weighted by Gasteiger charge is -2.30. The Labute approximate surface area is 110 Å². The zero-order chi connectivity index (χ0) is 13.2. The highest BCUT2D eigenvalue weighted by Crippen LogP contribution is 2.34. The molecular weight excluding hydrogens is 242 g/mol. The maximum absolute atomic E-state index is 11.5. The topological polar surface area (TPSA) is 67.0 Å². The fourth-order valence-electron chi connectivity index (χ4n) is 2.47. The summed E-state index contributed by atoms with van der Waals surface area (Å²) < 4.78 is 5.06. The van der Waals surface area contributed by atoms with Crippen molar-refractivity contribution in [2.24, 2.45) is 0 Å². The minimum absolute atomic E-state index is 0.232. The van der Waals surface area contributed by atoms with E-state index in [0.717, 1.165) is 13.0 Å². The molecule has 1 atom stereocenters. The van der Waals surface area contributed by atoms with Gasteiger partial charge < -0.3 is 15.0 Å². The number of hydrogen-bond donors (Lipinski definition) is 2. The number of methoxy groups -OCH3 is 1. The quantitative estimate of drug-likeness (QED) is 0.871. The fourth-order valence-corrected chi connectivity index (χ4v) is 2.47. The third-order valence-electron chi connectivity index (χ3n) is 3.49. The van der Waals surface area contributed by atoms with Crippen molar-refractivity contribution in [3.63, 3.8) is 0 Å². The van der Waals surface area contributed by atoms with Crippen molar-refractivity contribution in [1.82, 2.24) is 9.97 Å². The van der Waals surface area contributed by atoms with E-state index in [1.54, 1.807) is 0 Å². The first-order chi connectivity index (χ1) is 9.29. The van der Waals surface area contributed by atoms with Crippen LogP contribution in [-0.4, -0.2) is 23.6 Å². The number of benzene rings is 1. The second-order valence-electron chi connectivity index (χ2n) is 4.59. The van der Waals surface area contributed by atoms with E-state index in [0.29, 0.717) is 11.7 Å². The van der Waals surface area contributed by atoms with Gasteiger partial charge in [-0.1, -0.05) is 24.3 Å². The molecule has 2 N–H and O–H groups in total. The van der Waals surface area contributed by atoms with Crippen LogP contribution in [0.5, 0.6) is 5.75 Å². The number of nitrogens with one attached hydrogen (secondary N) is 2. The van der Waals surface area contributed by atoms with E-state index in [-0.39, 0.29) is 11.3 Å². The van der Waals surface area contributed by atoms with Crippen LogP contribution in [-0.2, 0) is 6.42 Å². The van der Waals surface area contributed by atoms with Crippen molar-refractivity contribution < 1.29 is 4.74 Å². The Bertz CT molecular complexity index is 651. The molecule has 3 rings (SSSR count). The van der Waals surface area contributed by atoms with Crippen molar-refractivity contribution in [2.45, 2.75) is 12.3 Å². The molecule has 1 heterocycles. The molecule has 1 aromatic heterocycles. The lowest BCUT2D eigenvalue weighted by Crippen LogP contribution is -2.25. The van der Waals surface area contributed by atoms with Gasteiger partial charge in [0.2, 0.25) is 5.75 Å². The van der Waals surface area contributed by atoms with Crippen LogP contribution in [0.3, 0.4) is 0 Å². The summed E-state index contributed by atoms with van der Waals surface area (Å²) in [5, 5.41) is 3.19. The normalized spacial score (nSPS) is 16.4. The van der Waals surface area contributed by atoms with Gasteiger partial charge in [0, 0.05) is 12.5 Å². The zero-order valence-corrected chi connectivity index (χ0v) is 10.6. The number of fused-ring (bicyclic) bond motifs is 1. The first-order valence-electron chi connectivity index (χ1n) is 6.23. The maximum Gasteiger partial charge on any atom is 0.295 e. The van der Waals surface area contributed by atoms with Gasteiger partial charge in [0.05, 0.1) is 13.4 Å². The second kappa shape index (κ2) is 4.76. The maximum atomic E-state index is 11.5. The Morgan fingerprint density at radius 1 is 1.47 bits per heavy atom. The van der Waals surface area contributed by atoms with Crippen molar-refractivity contribution in [3.05, 3.63) is 52.1 Å². The summed E-state index contributed by atoms with van der Waals surface area (Å²) >= 11 is 0. The minimum atomic E-state index is -0.269. The first-order valence-corrected chi connectivity index (χ1v) is 6.23. The summed E-state index contributed by atoms with van der Waals surface area (Å²) in [6, 6.07) is 8.41. The Morgan fingerprint density at radius 2 is 2.32 bits per heavy atom.